The van der Waals surface area contributed by atoms with Crippen LogP contribution in [-0.2, 0) is 17.6 Å². The number of carbonyl (C=O) groups is 1. The molecule has 0 spiro atoms. The van der Waals surface area contributed by atoms with Crippen molar-refractivity contribution in [2.45, 2.75) is 39.0 Å². The standard InChI is InChI=1S/C18H28N2O2S.ClH/c1-13-3-4-14-15(10-23-16(14)9-13)17(21)20-11-18(12-22-2)5-7-19-8-6-18;/h10,13,19H,3-9,11-12H2,1-2H3,(H,20,21);1H. The maximum Gasteiger partial charge on any atom is 0.252 e. The largest absolute Gasteiger partial charge is 0.384 e. The van der Waals surface area contributed by atoms with Crippen LogP contribution in [0.15, 0.2) is 5.38 Å². The van der Waals surface area contributed by atoms with E-state index in [-0.39, 0.29) is 23.7 Å². The molecule has 4 nitrogen and oxygen atoms in total. The van der Waals surface area contributed by atoms with Gasteiger partial charge in [-0.25, -0.2) is 0 Å². The predicted octanol–water partition coefficient (Wildman–Crippen LogP) is 3.04. The lowest BCUT2D eigenvalue weighted by atomic mass is 9.79. The molecule has 1 aliphatic carbocycles. The number of ether oxygens (including phenoxy) is 1. The first kappa shape index (κ1) is 19.7. The van der Waals surface area contributed by atoms with Gasteiger partial charge in [0, 0.05) is 29.3 Å². The molecular formula is C18H29ClN2O2S. The molecule has 2 aliphatic rings. The van der Waals surface area contributed by atoms with Gasteiger partial charge < -0.3 is 15.4 Å². The summed E-state index contributed by atoms with van der Waals surface area (Å²) in [6.07, 6.45) is 5.49. The summed E-state index contributed by atoms with van der Waals surface area (Å²) in [5.41, 5.74) is 2.30. The van der Waals surface area contributed by atoms with Crippen LogP contribution in [0.5, 0.6) is 0 Å². The van der Waals surface area contributed by atoms with Crippen molar-refractivity contribution in [3.63, 3.8) is 0 Å². The van der Waals surface area contributed by atoms with Gasteiger partial charge in [-0.3, -0.25) is 4.79 Å². The molecule has 0 bridgehead atoms. The van der Waals surface area contributed by atoms with Gasteiger partial charge in [0.05, 0.1) is 12.2 Å². The summed E-state index contributed by atoms with van der Waals surface area (Å²) in [5, 5.41) is 8.65. The number of nitrogens with one attached hydrogen (secondary N) is 2. The lowest BCUT2D eigenvalue weighted by molar-refractivity contribution is 0.0511. The number of hydrogen-bond donors (Lipinski definition) is 2. The molecule has 0 saturated carbocycles. The van der Waals surface area contributed by atoms with E-state index in [9.17, 15) is 4.79 Å². The Kier molecular flexibility index (Phi) is 7.10. The van der Waals surface area contributed by atoms with E-state index >= 15 is 0 Å². The number of thiophene rings is 1. The maximum atomic E-state index is 12.7. The van der Waals surface area contributed by atoms with Crippen LogP contribution in [0.4, 0.5) is 0 Å². The number of methoxy groups -OCH3 is 1. The molecule has 2 N–H and O–H groups in total. The molecule has 1 aromatic heterocycles. The van der Waals surface area contributed by atoms with Crippen LogP contribution in [0.2, 0.25) is 0 Å². The number of piperidine rings is 1. The number of amides is 1. The molecule has 1 aromatic rings. The quantitative estimate of drug-likeness (QED) is 0.835. The molecule has 1 unspecified atom stereocenters. The average molecular weight is 373 g/mol. The highest BCUT2D eigenvalue weighted by atomic mass is 35.5. The number of fused-ring (bicyclic) bond motifs is 1. The summed E-state index contributed by atoms with van der Waals surface area (Å²) in [4.78, 5) is 14.1. The van der Waals surface area contributed by atoms with E-state index in [1.54, 1.807) is 18.4 Å². The van der Waals surface area contributed by atoms with Crippen LogP contribution in [0.25, 0.3) is 0 Å². The summed E-state index contributed by atoms with van der Waals surface area (Å²) >= 11 is 1.76. The molecule has 1 fully saturated rings. The second-order valence-corrected chi connectivity index (χ2v) is 8.23. The fraction of sp³-hybridized carbons (Fsp3) is 0.722. The molecule has 1 amide bonds. The zero-order valence-electron chi connectivity index (χ0n) is 14.7. The minimum Gasteiger partial charge on any atom is -0.384 e. The van der Waals surface area contributed by atoms with Crippen LogP contribution in [0.1, 0.15) is 47.0 Å². The Balaban J connectivity index is 0.00000208. The fourth-order valence-electron chi connectivity index (χ4n) is 3.87. The Morgan fingerprint density at radius 2 is 2.21 bits per heavy atom. The number of halogens is 1. The Bertz CT molecular complexity index is 550. The van der Waals surface area contributed by atoms with Crippen LogP contribution < -0.4 is 10.6 Å². The third kappa shape index (κ3) is 4.31. The number of hydrogen-bond acceptors (Lipinski definition) is 4. The van der Waals surface area contributed by atoms with E-state index in [1.807, 2.05) is 0 Å². The van der Waals surface area contributed by atoms with E-state index in [1.165, 1.54) is 16.9 Å². The van der Waals surface area contributed by atoms with Crippen molar-refractivity contribution in [3.8, 4) is 0 Å². The van der Waals surface area contributed by atoms with Crippen LogP contribution >= 0.6 is 23.7 Å². The zero-order valence-corrected chi connectivity index (χ0v) is 16.3. The molecule has 0 radical (unpaired) electrons. The van der Waals surface area contributed by atoms with Crippen LogP contribution in [0, 0.1) is 11.3 Å². The first-order chi connectivity index (χ1) is 11.1. The van der Waals surface area contributed by atoms with Crippen molar-refractivity contribution < 1.29 is 9.53 Å². The van der Waals surface area contributed by atoms with Gasteiger partial charge in [0.25, 0.3) is 5.91 Å². The van der Waals surface area contributed by atoms with Crippen LogP contribution in [0.3, 0.4) is 0 Å². The SMILES string of the molecule is COCC1(CNC(=O)c2csc3c2CCC(C)C3)CCNCC1.Cl. The normalized spacial score (nSPS) is 22.3. The van der Waals surface area contributed by atoms with Crippen LogP contribution in [-0.4, -0.2) is 39.3 Å². The van der Waals surface area contributed by atoms with Gasteiger partial charge in [0.1, 0.15) is 0 Å². The second-order valence-electron chi connectivity index (χ2n) is 7.26. The molecule has 136 valence electrons. The van der Waals surface area contributed by atoms with E-state index in [0.29, 0.717) is 13.2 Å². The van der Waals surface area contributed by atoms with Gasteiger partial charge >= 0.3 is 0 Å². The summed E-state index contributed by atoms with van der Waals surface area (Å²) in [7, 11) is 1.75. The number of carbonyl (C=O) groups excluding carboxylic acids is 1. The van der Waals surface area contributed by atoms with Gasteiger partial charge in [0.2, 0.25) is 0 Å². The molecule has 1 aliphatic heterocycles. The minimum absolute atomic E-state index is 0. The van der Waals surface area contributed by atoms with E-state index in [2.05, 4.69) is 22.9 Å². The smallest absolute Gasteiger partial charge is 0.252 e. The van der Waals surface area contributed by atoms with Gasteiger partial charge in [-0.05, 0) is 56.7 Å². The van der Waals surface area contributed by atoms with Gasteiger partial charge in [-0.1, -0.05) is 6.92 Å². The summed E-state index contributed by atoms with van der Waals surface area (Å²) in [6, 6.07) is 0. The third-order valence-corrected chi connectivity index (χ3v) is 6.44. The molecule has 6 heteroatoms. The zero-order chi connectivity index (χ0) is 16.3. The lowest BCUT2D eigenvalue weighted by Gasteiger charge is -2.37. The summed E-state index contributed by atoms with van der Waals surface area (Å²) < 4.78 is 5.43. The molecular weight excluding hydrogens is 344 g/mol. The van der Waals surface area contributed by atoms with Crippen molar-refractivity contribution in [1.29, 1.82) is 0 Å². The lowest BCUT2D eigenvalue weighted by Crippen LogP contribution is -2.47. The highest BCUT2D eigenvalue weighted by Crippen LogP contribution is 2.33. The Labute approximate surface area is 155 Å². The van der Waals surface area contributed by atoms with Crippen molar-refractivity contribution >= 4 is 29.7 Å². The van der Waals surface area contributed by atoms with Crippen molar-refractivity contribution in [2.75, 3.05) is 33.4 Å². The molecule has 2 heterocycles. The van der Waals surface area contributed by atoms with Gasteiger partial charge in [-0.15, -0.1) is 23.7 Å². The van der Waals surface area contributed by atoms with Gasteiger partial charge in [-0.2, -0.15) is 0 Å². The second kappa shape index (κ2) is 8.65. The third-order valence-electron chi connectivity index (χ3n) is 5.39. The van der Waals surface area contributed by atoms with Crippen molar-refractivity contribution in [2.24, 2.45) is 11.3 Å². The predicted molar refractivity (Wildman–Crippen MR) is 102 cm³/mol. The molecule has 3 rings (SSSR count). The van der Waals surface area contributed by atoms with E-state index in [0.717, 1.165) is 50.3 Å². The monoisotopic (exact) mass is 372 g/mol. The Morgan fingerprint density at radius 3 is 2.92 bits per heavy atom. The first-order valence-corrected chi connectivity index (χ1v) is 9.59. The molecule has 0 aromatic carbocycles. The molecule has 1 atom stereocenters. The molecule has 1 saturated heterocycles. The van der Waals surface area contributed by atoms with Gasteiger partial charge in [0.15, 0.2) is 0 Å². The highest BCUT2D eigenvalue weighted by molar-refractivity contribution is 7.10. The van der Waals surface area contributed by atoms with E-state index in [4.69, 9.17) is 4.74 Å². The summed E-state index contributed by atoms with van der Waals surface area (Å²) in [6.45, 7) is 5.74. The van der Waals surface area contributed by atoms with Crippen molar-refractivity contribution in [1.82, 2.24) is 10.6 Å². The highest BCUT2D eigenvalue weighted by Gasteiger charge is 2.33. The molecule has 24 heavy (non-hydrogen) atoms. The average Bonchev–Trinajstić information content (AvgIpc) is 2.97. The topological polar surface area (TPSA) is 50.4 Å². The summed E-state index contributed by atoms with van der Waals surface area (Å²) in [5.74, 6) is 0.850. The Hall–Kier alpha value is -0.620. The fourth-order valence-corrected chi connectivity index (χ4v) is 5.11. The van der Waals surface area contributed by atoms with E-state index < -0.39 is 0 Å². The van der Waals surface area contributed by atoms with Crippen molar-refractivity contribution in [3.05, 3.63) is 21.4 Å². The Morgan fingerprint density at radius 1 is 1.46 bits per heavy atom. The minimum atomic E-state index is 0. The maximum absolute atomic E-state index is 12.7. The number of rotatable bonds is 5. The first-order valence-electron chi connectivity index (χ1n) is 8.71.